The molecular formula is C16H28N4. The van der Waals surface area contributed by atoms with Gasteiger partial charge >= 0.3 is 0 Å². The number of aromatic nitrogens is 1. The molecule has 1 aliphatic rings. The van der Waals surface area contributed by atoms with Crippen LogP contribution in [-0.2, 0) is 0 Å². The van der Waals surface area contributed by atoms with Gasteiger partial charge in [0.05, 0.1) is 0 Å². The molecule has 112 valence electrons. The molecule has 0 spiro atoms. The summed E-state index contributed by atoms with van der Waals surface area (Å²) in [6, 6.07) is 4.32. The molecule has 0 aromatic carbocycles. The molecular weight excluding hydrogens is 248 g/mol. The van der Waals surface area contributed by atoms with E-state index in [0.717, 1.165) is 31.7 Å². The lowest BCUT2D eigenvalue weighted by Crippen LogP contribution is -2.31. The molecule has 0 radical (unpaired) electrons. The van der Waals surface area contributed by atoms with Crippen molar-refractivity contribution < 1.29 is 0 Å². The Morgan fingerprint density at radius 2 is 2.05 bits per heavy atom. The molecule has 0 amide bonds. The quantitative estimate of drug-likeness (QED) is 0.808. The van der Waals surface area contributed by atoms with E-state index in [9.17, 15) is 0 Å². The maximum Gasteiger partial charge on any atom is 0.0400 e. The maximum absolute atomic E-state index is 5.54. The fourth-order valence-corrected chi connectivity index (χ4v) is 2.84. The van der Waals surface area contributed by atoms with E-state index >= 15 is 0 Å². The molecule has 1 fully saturated rings. The van der Waals surface area contributed by atoms with Crippen LogP contribution in [-0.4, -0.2) is 49.2 Å². The standard InChI is InChI=1S/C16H28N4/c1-15-14-16(6-8-18-15)20-11-5-10-19(12-13-20)9-4-2-3-7-17/h6,8,14H,2-5,7,9-13,17H2,1H3. The van der Waals surface area contributed by atoms with Gasteiger partial charge < -0.3 is 15.5 Å². The van der Waals surface area contributed by atoms with Gasteiger partial charge in [-0.25, -0.2) is 0 Å². The molecule has 1 aliphatic heterocycles. The van der Waals surface area contributed by atoms with Crippen LogP contribution >= 0.6 is 0 Å². The first-order valence-electron chi connectivity index (χ1n) is 7.89. The van der Waals surface area contributed by atoms with Crippen molar-refractivity contribution in [3.8, 4) is 0 Å². The van der Waals surface area contributed by atoms with Crippen LogP contribution in [0.1, 0.15) is 31.4 Å². The first kappa shape index (κ1) is 15.3. The summed E-state index contributed by atoms with van der Waals surface area (Å²) >= 11 is 0. The summed E-state index contributed by atoms with van der Waals surface area (Å²) in [6.07, 6.45) is 6.88. The smallest absolute Gasteiger partial charge is 0.0400 e. The van der Waals surface area contributed by atoms with E-state index in [1.165, 1.54) is 44.6 Å². The number of nitrogens with zero attached hydrogens (tertiary/aromatic N) is 3. The normalized spacial score (nSPS) is 17.2. The molecule has 20 heavy (non-hydrogen) atoms. The number of aryl methyl sites for hydroxylation is 1. The van der Waals surface area contributed by atoms with Crippen molar-refractivity contribution in [1.29, 1.82) is 0 Å². The van der Waals surface area contributed by atoms with Crippen molar-refractivity contribution in [2.75, 3.05) is 44.2 Å². The molecule has 0 atom stereocenters. The van der Waals surface area contributed by atoms with E-state index in [2.05, 4.69) is 33.8 Å². The van der Waals surface area contributed by atoms with Gasteiger partial charge in [0.15, 0.2) is 0 Å². The second-order valence-corrected chi connectivity index (χ2v) is 5.69. The van der Waals surface area contributed by atoms with Gasteiger partial charge in [-0.15, -0.1) is 0 Å². The van der Waals surface area contributed by atoms with Crippen molar-refractivity contribution in [2.45, 2.75) is 32.6 Å². The third-order valence-corrected chi connectivity index (χ3v) is 4.01. The number of nitrogens with two attached hydrogens (primary N) is 1. The molecule has 0 aliphatic carbocycles. The molecule has 4 heteroatoms. The van der Waals surface area contributed by atoms with E-state index in [-0.39, 0.29) is 0 Å². The van der Waals surface area contributed by atoms with Crippen molar-refractivity contribution in [1.82, 2.24) is 9.88 Å². The topological polar surface area (TPSA) is 45.4 Å². The van der Waals surface area contributed by atoms with Gasteiger partial charge in [0.25, 0.3) is 0 Å². The lowest BCUT2D eigenvalue weighted by atomic mass is 10.2. The highest BCUT2D eigenvalue weighted by Gasteiger charge is 2.14. The summed E-state index contributed by atoms with van der Waals surface area (Å²) in [5.41, 5.74) is 7.97. The number of pyridine rings is 1. The van der Waals surface area contributed by atoms with E-state index < -0.39 is 0 Å². The SMILES string of the molecule is Cc1cc(N2CCCN(CCCCCN)CC2)ccn1. The van der Waals surface area contributed by atoms with Crippen LogP contribution in [0.5, 0.6) is 0 Å². The number of hydrogen-bond donors (Lipinski definition) is 1. The summed E-state index contributed by atoms with van der Waals surface area (Å²) in [4.78, 5) is 9.38. The summed E-state index contributed by atoms with van der Waals surface area (Å²) in [6.45, 7) is 8.79. The van der Waals surface area contributed by atoms with Gasteiger partial charge in [0.2, 0.25) is 0 Å². The first-order chi connectivity index (χ1) is 9.79. The highest BCUT2D eigenvalue weighted by Crippen LogP contribution is 2.16. The monoisotopic (exact) mass is 276 g/mol. The fraction of sp³-hybridized carbons (Fsp3) is 0.688. The van der Waals surface area contributed by atoms with Gasteiger partial charge in [-0.3, -0.25) is 4.98 Å². The Kier molecular flexibility index (Phi) is 6.27. The fourth-order valence-electron chi connectivity index (χ4n) is 2.84. The minimum atomic E-state index is 0.829. The lowest BCUT2D eigenvalue weighted by Gasteiger charge is -2.23. The summed E-state index contributed by atoms with van der Waals surface area (Å²) < 4.78 is 0. The molecule has 0 bridgehead atoms. The molecule has 0 unspecified atom stereocenters. The minimum Gasteiger partial charge on any atom is -0.370 e. The minimum absolute atomic E-state index is 0.829. The third-order valence-electron chi connectivity index (χ3n) is 4.01. The molecule has 2 N–H and O–H groups in total. The summed E-state index contributed by atoms with van der Waals surface area (Å²) in [7, 11) is 0. The second kappa shape index (κ2) is 8.22. The predicted octanol–water partition coefficient (Wildman–Crippen LogP) is 2.03. The zero-order valence-corrected chi connectivity index (χ0v) is 12.7. The molecule has 1 saturated heterocycles. The number of unbranched alkanes of at least 4 members (excludes halogenated alkanes) is 2. The van der Waals surface area contributed by atoms with E-state index in [1.807, 2.05) is 6.20 Å². The maximum atomic E-state index is 5.54. The Labute approximate surface area is 123 Å². The highest BCUT2D eigenvalue weighted by molar-refractivity contribution is 5.46. The number of rotatable bonds is 6. The van der Waals surface area contributed by atoms with Crippen molar-refractivity contribution >= 4 is 5.69 Å². The Morgan fingerprint density at radius 1 is 1.15 bits per heavy atom. The van der Waals surface area contributed by atoms with Crippen LogP contribution in [0.4, 0.5) is 5.69 Å². The zero-order valence-electron chi connectivity index (χ0n) is 12.7. The van der Waals surface area contributed by atoms with Crippen LogP contribution in [0.3, 0.4) is 0 Å². The van der Waals surface area contributed by atoms with Crippen molar-refractivity contribution in [3.05, 3.63) is 24.0 Å². The average Bonchev–Trinajstić information content (AvgIpc) is 2.69. The predicted molar refractivity (Wildman–Crippen MR) is 85.1 cm³/mol. The van der Waals surface area contributed by atoms with Gasteiger partial charge in [0.1, 0.15) is 0 Å². The Bertz CT molecular complexity index is 394. The van der Waals surface area contributed by atoms with E-state index in [4.69, 9.17) is 5.73 Å². The van der Waals surface area contributed by atoms with Gasteiger partial charge in [0, 0.05) is 37.2 Å². The van der Waals surface area contributed by atoms with Crippen LogP contribution < -0.4 is 10.6 Å². The van der Waals surface area contributed by atoms with Crippen LogP contribution in [0.15, 0.2) is 18.3 Å². The van der Waals surface area contributed by atoms with Gasteiger partial charge in [-0.2, -0.15) is 0 Å². The van der Waals surface area contributed by atoms with E-state index in [1.54, 1.807) is 0 Å². The van der Waals surface area contributed by atoms with E-state index in [0.29, 0.717) is 0 Å². The summed E-state index contributed by atoms with van der Waals surface area (Å²) in [5.74, 6) is 0. The molecule has 0 saturated carbocycles. The Hall–Kier alpha value is -1.13. The lowest BCUT2D eigenvalue weighted by molar-refractivity contribution is 0.286. The molecule has 2 heterocycles. The first-order valence-corrected chi connectivity index (χ1v) is 7.89. The van der Waals surface area contributed by atoms with Gasteiger partial charge in [-0.05, 0) is 58.0 Å². The van der Waals surface area contributed by atoms with Crippen LogP contribution in [0, 0.1) is 6.92 Å². The Balaban J connectivity index is 1.80. The van der Waals surface area contributed by atoms with Crippen molar-refractivity contribution in [2.24, 2.45) is 5.73 Å². The molecule has 4 nitrogen and oxygen atoms in total. The summed E-state index contributed by atoms with van der Waals surface area (Å²) in [5, 5.41) is 0. The molecule has 1 aromatic rings. The largest absolute Gasteiger partial charge is 0.370 e. The van der Waals surface area contributed by atoms with Gasteiger partial charge in [-0.1, -0.05) is 6.42 Å². The molecule has 2 rings (SSSR count). The van der Waals surface area contributed by atoms with Crippen LogP contribution in [0.2, 0.25) is 0 Å². The molecule has 1 aromatic heterocycles. The Morgan fingerprint density at radius 3 is 2.85 bits per heavy atom. The van der Waals surface area contributed by atoms with Crippen molar-refractivity contribution in [3.63, 3.8) is 0 Å². The second-order valence-electron chi connectivity index (χ2n) is 5.69. The van der Waals surface area contributed by atoms with Crippen LogP contribution in [0.25, 0.3) is 0 Å². The number of hydrogen-bond acceptors (Lipinski definition) is 4. The third kappa shape index (κ3) is 4.76. The number of anilines is 1. The zero-order chi connectivity index (χ0) is 14.2. The average molecular weight is 276 g/mol. The highest BCUT2D eigenvalue weighted by atomic mass is 15.2.